The van der Waals surface area contributed by atoms with E-state index >= 15 is 0 Å². The van der Waals surface area contributed by atoms with Crippen LogP contribution in [0.25, 0.3) is 0 Å². The van der Waals surface area contributed by atoms with Gasteiger partial charge in [0, 0.05) is 12.7 Å². The van der Waals surface area contributed by atoms with Gasteiger partial charge in [0.1, 0.15) is 0 Å². The van der Waals surface area contributed by atoms with E-state index in [1.165, 1.54) is 0 Å². The summed E-state index contributed by atoms with van der Waals surface area (Å²) in [6.07, 6.45) is 1.76. The van der Waals surface area contributed by atoms with Gasteiger partial charge in [0.05, 0.1) is 18.8 Å². The molecule has 0 aromatic carbocycles. The molecule has 1 heterocycles. The zero-order valence-electron chi connectivity index (χ0n) is 6.92. The first-order valence-electron chi connectivity index (χ1n) is 3.27. The molecular weight excluding hydrogens is 217 g/mol. The van der Waals surface area contributed by atoms with Crippen molar-refractivity contribution >= 4 is 24.8 Å². The van der Waals surface area contributed by atoms with Crippen LogP contribution in [-0.2, 0) is 17.9 Å². The molecule has 13 heavy (non-hydrogen) atoms. The number of nitrogens with zero attached hydrogens (tertiary/aromatic N) is 3. The van der Waals surface area contributed by atoms with E-state index in [1.807, 2.05) is 0 Å². The standard InChI is InChI=1S/C5H11N5O.2ClH/c6-3-5-4-10(9-8-5)1-2-11-7;;/h4H,1-3,6-7H2;2*1H. The first-order valence-corrected chi connectivity index (χ1v) is 3.27. The van der Waals surface area contributed by atoms with E-state index in [1.54, 1.807) is 10.9 Å². The number of aromatic nitrogens is 3. The van der Waals surface area contributed by atoms with Crippen molar-refractivity contribution in [3.63, 3.8) is 0 Å². The topological polar surface area (TPSA) is 92.0 Å². The Labute approximate surface area is 88.4 Å². The minimum absolute atomic E-state index is 0. The van der Waals surface area contributed by atoms with Crippen LogP contribution in [0.4, 0.5) is 0 Å². The minimum Gasteiger partial charge on any atom is -0.325 e. The molecule has 1 aromatic heterocycles. The molecule has 1 aromatic rings. The van der Waals surface area contributed by atoms with Crippen LogP contribution in [0.5, 0.6) is 0 Å². The average molecular weight is 230 g/mol. The molecule has 0 radical (unpaired) electrons. The number of hydrogen-bond donors (Lipinski definition) is 2. The van der Waals surface area contributed by atoms with Crippen LogP contribution >= 0.6 is 24.8 Å². The van der Waals surface area contributed by atoms with Gasteiger partial charge in [0.2, 0.25) is 0 Å². The number of rotatable bonds is 4. The first-order chi connectivity index (χ1) is 5.36. The van der Waals surface area contributed by atoms with Gasteiger partial charge < -0.3 is 10.6 Å². The zero-order valence-corrected chi connectivity index (χ0v) is 8.55. The largest absolute Gasteiger partial charge is 0.325 e. The molecule has 0 aliphatic heterocycles. The van der Waals surface area contributed by atoms with Crippen molar-refractivity contribution in [1.29, 1.82) is 0 Å². The molecule has 6 nitrogen and oxygen atoms in total. The molecule has 4 N–H and O–H groups in total. The lowest BCUT2D eigenvalue weighted by molar-refractivity contribution is 0.126. The summed E-state index contributed by atoms with van der Waals surface area (Å²) in [7, 11) is 0. The normalized spacial score (nSPS) is 8.77. The van der Waals surface area contributed by atoms with Crippen molar-refractivity contribution in [2.24, 2.45) is 11.6 Å². The van der Waals surface area contributed by atoms with E-state index in [0.29, 0.717) is 19.7 Å². The molecule has 0 saturated carbocycles. The number of hydrogen-bond acceptors (Lipinski definition) is 5. The van der Waals surface area contributed by atoms with Crippen molar-refractivity contribution in [3.05, 3.63) is 11.9 Å². The lowest BCUT2D eigenvalue weighted by atomic mass is 10.5. The molecule has 0 fully saturated rings. The van der Waals surface area contributed by atoms with Gasteiger partial charge in [-0.1, -0.05) is 5.21 Å². The Balaban J connectivity index is 0. The molecule has 1 rings (SSSR count). The van der Waals surface area contributed by atoms with Crippen LogP contribution in [0, 0.1) is 0 Å². The highest BCUT2D eigenvalue weighted by molar-refractivity contribution is 5.85. The molecule has 0 saturated heterocycles. The van der Waals surface area contributed by atoms with E-state index in [2.05, 4.69) is 15.1 Å². The van der Waals surface area contributed by atoms with E-state index < -0.39 is 0 Å². The molecule has 8 heteroatoms. The van der Waals surface area contributed by atoms with E-state index in [4.69, 9.17) is 11.6 Å². The van der Waals surface area contributed by atoms with Crippen molar-refractivity contribution in [3.8, 4) is 0 Å². The highest BCUT2D eigenvalue weighted by atomic mass is 35.5. The van der Waals surface area contributed by atoms with Crippen molar-refractivity contribution in [2.75, 3.05) is 6.61 Å². The number of halogens is 2. The Bertz CT molecular complexity index is 218. The SMILES string of the molecule is Cl.Cl.NCc1cn(CCON)nn1. The molecule has 0 atom stereocenters. The molecule has 0 bridgehead atoms. The fourth-order valence-electron chi connectivity index (χ4n) is 0.688. The van der Waals surface area contributed by atoms with Gasteiger partial charge in [-0.2, -0.15) is 0 Å². The second-order valence-electron chi connectivity index (χ2n) is 2.05. The van der Waals surface area contributed by atoms with Gasteiger partial charge in [-0.05, 0) is 0 Å². The third-order valence-corrected chi connectivity index (χ3v) is 1.23. The van der Waals surface area contributed by atoms with Crippen LogP contribution in [0.2, 0.25) is 0 Å². The Morgan fingerprint density at radius 2 is 2.15 bits per heavy atom. The molecule has 0 spiro atoms. The van der Waals surface area contributed by atoms with Crippen molar-refractivity contribution < 1.29 is 4.84 Å². The maximum Gasteiger partial charge on any atom is 0.0962 e. The lowest BCUT2D eigenvalue weighted by Gasteiger charge is -1.95. The summed E-state index contributed by atoms with van der Waals surface area (Å²) in [6, 6.07) is 0. The summed E-state index contributed by atoms with van der Waals surface area (Å²) < 4.78 is 1.63. The summed E-state index contributed by atoms with van der Waals surface area (Å²) in [5.41, 5.74) is 6.09. The summed E-state index contributed by atoms with van der Waals surface area (Å²) in [6.45, 7) is 1.43. The summed E-state index contributed by atoms with van der Waals surface area (Å²) in [5, 5.41) is 7.55. The monoisotopic (exact) mass is 229 g/mol. The second-order valence-corrected chi connectivity index (χ2v) is 2.05. The average Bonchev–Trinajstić information content (AvgIpc) is 2.48. The van der Waals surface area contributed by atoms with Gasteiger partial charge in [-0.15, -0.1) is 29.9 Å². The second kappa shape index (κ2) is 8.21. The Morgan fingerprint density at radius 1 is 1.46 bits per heavy atom. The zero-order chi connectivity index (χ0) is 8.10. The third kappa shape index (κ3) is 5.02. The molecule has 0 aliphatic carbocycles. The Hall–Kier alpha value is -0.400. The van der Waals surface area contributed by atoms with Gasteiger partial charge in [0.25, 0.3) is 0 Å². The minimum atomic E-state index is 0. The fourth-order valence-corrected chi connectivity index (χ4v) is 0.688. The van der Waals surface area contributed by atoms with Crippen molar-refractivity contribution in [1.82, 2.24) is 15.0 Å². The Morgan fingerprint density at radius 3 is 2.62 bits per heavy atom. The third-order valence-electron chi connectivity index (χ3n) is 1.23. The number of nitrogens with two attached hydrogens (primary N) is 2. The van der Waals surface area contributed by atoms with Crippen LogP contribution in [0.3, 0.4) is 0 Å². The molecular formula is C5H13Cl2N5O. The molecule has 0 unspecified atom stereocenters. The maximum absolute atomic E-state index is 5.32. The van der Waals surface area contributed by atoms with Gasteiger partial charge in [0.15, 0.2) is 0 Å². The van der Waals surface area contributed by atoms with E-state index in [0.717, 1.165) is 5.69 Å². The lowest BCUT2D eigenvalue weighted by Crippen LogP contribution is -2.09. The van der Waals surface area contributed by atoms with Crippen LogP contribution < -0.4 is 11.6 Å². The summed E-state index contributed by atoms with van der Waals surface area (Å²) in [4.78, 5) is 4.37. The van der Waals surface area contributed by atoms with Crippen LogP contribution in [-0.4, -0.2) is 21.6 Å². The summed E-state index contributed by atoms with van der Waals surface area (Å²) >= 11 is 0. The quantitative estimate of drug-likeness (QED) is 0.678. The molecule has 0 aliphatic rings. The van der Waals surface area contributed by atoms with Crippen LogP contribution in [0.15, 0.2) is 6.20 Å². The molecule has 78 valence electrons. The fraction of sp³-hybridized carbons (Fsp3) is 0.600. The smallest absolute Gasteiger partial charge is 0.0962 e. The summed E-state index contributed by atoms with van der Waals surface area (Å²) in [5.74, 6) is 4.83. The van der Waals surface area contributed by atoms with E-state index in [-0.39, 0.29) is 24.8 Å². The van der Waals surface area contributed by atoms with Gasteiger partial charge in [-0.3, -0.25) is 0 Å². The Kier molecular flexibility index (Phi) is 9.53. The highest BCUT2D eigenvalue weighted by Crippen LogP contribution is 1.89. The predicted octanol–water partition coefficient (Wildman–Crippen LogP) is -0.529. The van der Waals surface area contributed by atoms with Gasteiger partial charge in [-0.25, -0.2) is 10.6 Å². The van der Waals surface area contributed by atoms with Crippen molar-refractivity contribution in [2.45, 2.75) is 13.1 Å². The van der Waals surface area contributed by atoms with E-state index in [9.17, 15) is 0 Å². The van der Waals surface area contributed by atoms with Crippen LogP contribution in [0.1, 0.15) is 5.69 Å². The highest BCUT2D eigenvalue weighted by Gasteiger charge is 1.96. The molecule has 0 amide bonds. The maximum atomic E-state index is 5.32. The first kappa shape index (κ1) is 15.1. The van der Waals surface area contributed by atoms with Gasteiger partial charge >= 0.3 is 0 Å². The predicted molar refractivity (Wildman–Crippen MR) is 52.5 cm³/mol.